The maximum absolute atomic E-state index is 12.2. The number of carbonyl (C=O) groups excluding carboxylic acids is 1. The molecule has 0 unspecified atom stereocenters. The van der Waals surface area contributed by atoms with E-state index in [9.17, 15) is 9.59 Å². The molecule has 6 nitrogen and oxygen atoms in total. The first-order valence-electron chi connectivity index (χ1n) is 7.57. The lowest BCUT2D eigenvalue weighted by molar-refractivity contribution is -0.141. The molecular formula is C17H20O6S. The third kappa shape index (κ3) is 4.24. The van der Waals surface area contributed by atoms with Crippen LogP contribution in [0.25, 0.3) is 10.1 Å². The topological polar surface area (TPSA) is 93.1 Å². The predicted molar refractivity (Wildman–Crippen MR) is 91.3 cm³/mol. The number of aliphatic hydroxyl groups is 1. The van der Waals surface area contributed by atoms with Gasteiger partial charge in [0.15, 0.2) is 17.3 Å². The Balaban J connectivity index is 2.26. The third-order valence-electron chi connectivity index (χ3n) is 3.55. The van der Waals surface area contributed by atoms with E-state index in [0.29, 0.717) is 29.4 Å². The Bertz CT molecular complexity index is 736. The zero-order chi connectivity index (χ0) is 17.7. The fraction of sp³-hybridized carbons (Fsp3) is 0.412. The maximum Gasteiger partial charge on any atom is 0.306 e. The van der Waals surface area contributed by atoms with Crippen LogP contribution in [0.5, 0.6) is 11.5 Å². The van der Waals surface area contributed by atoms with Gasteiger partial charge < -0.3 is 19.7 Å². The van der Waals surface area contributed by atoms with E-state index in [-0.39, 0.29) is 18.8 Å². The van der Waals surface area contributed by atoms with Gasteiger partial charge in [-0.05, 0) is 17.5 Å². The van der Waals surface area contributed by atoms with Crippen LogP contribution in [-0.4, -0.2) is 42.3 Å². The molecule has 7 heteroatoms. The largest absolute Gasteiger partial charge is 0.493 e. The number of benzene rings is 1. The van der Waals surface area contributed by atoms with Crippen molar-refractivity contribution in [1.82, 2.24) is 0 Å². The molecule has 2 rings (SSSR count). The molecule has 2 N–H and O–H groups in total. The average Bonchev–Trinajstić information content (AvgIpc) is 2.97. The summed E-state index contributed by atoms with van der Waals surface area (Å²) in [6.07, 6.45) is 0.488. The number of hydrogen-bond donors (Lipinski definition) is 2. The van der Waals surface area contributed by atoms with Crippen molar-refractivity contribution in [2.45, 2.75) is 19.8 Å². The van der Waals surface area contributed by atoms with E-state index in [1.165, 1.54) is 25.4 Å². The SMILES string of the molecule is COc1cc2cc(C(=O)C[C@H](C)C(=O)O)sc2cc1OCCCO. The molecular weight excluding hydrogens is 332 g/mol. The molecule has 0 saturated carbocycles. The van der Waals surface area contributed by atoms with Crippen molar-refractivity contribution in [1.29, 1.82) is 0 Å². The maximum atomic E-state index is 12.2. The van der Waals surface area contributed by atoms with Crippen LogP contribution in [0.3, 0.4) is 0 Å². The molecule has 24 heavy (non-hydrogen) atoms. The van der Waals surface area contributed by atoms with E-state index in [0.717, 1.165) is 10.1 Å². The molecule has 1 aromatic carbocycles. The number of hydrogen-bond acceptors (Lipinski definition) is 6. The minimum absolute atomic E-state index is 0.0286. The van der Waals surface area contributed by atoms with Crippen molar-refractivity contribution < 1.29 is 29.3 Å². The van der Waals surface area contributed by atoms with E-state index in [1.54, 1.807) is 18.2 Å². The number of methoxy groups -OCH3 is 1. The van der Waals surface area contributed by atoms with Gasteiger partial charge in [0, 0.05) is 30.2 Å². The summed E-state index contributed by atoms with van der Waals surface area (Å²) < 4.78 is 11.8. The monoisotopic (exact) mass is 352 g/mol. The summed E-state index contributed by atoms with van der Waals surface area (Å²) in [6, 6.07) is 5.34. The number of carboxylic acids is 1. The van der Waals surface area contributed by atoms with Crippen LogP contribution in [0.2, 0.25) is 0 Å². The Morgan fingerprint density at radius 3 is 2.62 bits per heavy atom. The lowest BCUT2D eigenvalue weighted by atomic mass is 10.0. The number of carboxylic acid groups (broad SMARTS) is 1. The quantitative estimate of drug-likeness (QED) is 0.532. The lowest BCUT2D eigenvalue weighted by Crippen LogP contribution is -2.13. The molecule has 0 spiro atoms. The number of carbonyl (C=O) groups is 2. The summed E-state index contributed by atoms with van der Waals surface area (Å²) in [5.41, 5.74) is 0. The van der Waals surface area contributed by atoms with Gasteiger partial charge in [-0.3, -0.25) is 9.59 Å². The van der Waals surface area contributed by atoms with Gasteiger partial charge >= 0.3 is 5.97 Å². The number of ketones is 1. The molecule has 1 atom stereocenters. The van der Waals surface area contributed by atoms with Gasteiger partial charge in [-0.25, -0.2) is 0 Å². The number of Topliss-reactive ketones (excluding diaryl/α,β-unsaturated/α-hetero) is 1. The summed E-state index contributed by atoms with van der Waals surface area (Å²) in [5, 5.41) is 18.6. The second-order valence-corrected chi connectivity index (χ2v) is 6.53. The number of thiophene rings is 1. The van der Waals surface area contributed by atoms with Crippen LogP contribution >= 0.6 is 11.3 Å². The first-order chi connectivity index (χ1) is 11.5. The molecule has 130 valence electrons. The second kappa shape index (κ2) is 8.12. The van der Waals surface area contributed by atoms with E-state index < -0.39 is 11.9 Å². The van der Waals surface area contributed by atoms with Gasteiger partial charge in [-0.15, -0.1) is 11.3 Å². The minimum Gasteiger partial charge on any atom is -0.493 e. The fourth-order valence-corrected chi connectivity index (χ4v) is 3.19. The molecule has 0 saturated heterocycles. The Morgan fingerprint density at radius 2 is 2.00 bits per heavy atom. The van der Waals surface area contributed by atoms with Gasteiger partial charge in [-0.2, -0.15) is 0 Å². The van der Waals surface area contributed by atoms with Crippen LogP contribution < -0.4 is 9.47 Å². The van der Waals surface area contributed by atoms with Gasteiger partial charge in [0.1, 0.15) is 0 Å². The summed E-state index contributed by atoms with van der Waals surface area (Å²) in [5.74, 6) is -0.775. The molecule has 0 aliphatic heterocycles. The van der Waals surface area contributed by atoms with Gasteiger partial charge in [0.05, 0.1) is 24.5 Å². The summed E-state index contributed by atoms with van der Waals surface area (Å²) in [6.45, 7) is 1.93. The number of ether oxygens (including phenoxy) is 2. The van der Waals surface area contributed by atoms with Crippen LogP contribution in [0.1, 0.15) is 29.4 Å². The number of rotatable bonds is 9. The van der Waals surface area contributed by atoms with Crippen molar-refractivity contribution in [3.05, 3.63) is 23.1 Å². The van der Waals surface area contributed by atoms with E-state index in [2.05, 4.69) is 0 Å². The van der Waals surface area contributed by atoms with E-state index in [4.69, 9.17) is 19.7 Å². The highest BCUT2D eigenvalue weighted by atomic mass is 32.1. The Labute approximate surface area is 143 Å². The first kappa shape index (κ1) is 18.2. The first-order valence-corrected chi connectivity index (χ1v) is 8.39. The van der Waals surface area contributed by atoms with Crippen molar-refractivity contribution in [2.75, 3.05) is 20.3 Å². The van der Waals surface area contributed by atoms with Crippen molar-refractivity contribution >= 4 is 33.2 Å². The van der Waals surface area contributed by atoms with Gasteiger partial charge in [0.25, 0.3) is 0 Å². The lowest BCUT2D eigenvalue weighted by Gasteiger charge is -2.10. The second-order valence-electron chi connectivity index (χ2n) is 5.44. The number of aliphatic hydroxyl groups excluding tert-OH is 1. The van der Waals surface area contributed by atoms with Crippen molar-refractivity contribution in [3.63, 3.8) is 0 Å². The van der Waals surface area contributed by atoms with Crippen LogP contribution in [0, 0.1) is 5.92 Å². The highest BCUT2D eigenvalue weighted by Crippen LogP contribution is 2.37. The van der Waals surface area contributed by atoms with Crippen LogP contribution in [-0.2, 0) is 4.79 Å². The van der Waals surface area contributed by atoms with Crippen molar-refractivity contribution in [3.8, 4) is 11.5 Å². The molecule has 1 heterocycles. The zero-order valence-electron chi connectivity index (χ0n) is 13.6. The molecule has 0 bridgehead atoms. The Morgan fingerprint density at radius 1 is 1.25 bits per heavy atom. The summed E-state index contributed by atoms with van der Waals surface area (Å²) >= 11 is 1.30. The minimum atomic E-state index is -0.981. The highest BCUT2D eigenvalue weighted by molar-refractivity contribution is 7.20. The van der Waals surface area contributed by atoms with Crippen molar-refractivity contribution in [2.24, 2.45) is 5.92 Å². The molecule has 0 radical (unpaired) electrons. The summed E-state index contributed by atoms with van der Waals surface area (Å²) in [4.78, 5) is 23.6. The number of fused-ring (bicyclic) bond motifs is 1. The third-order valence-corrected chi connectivity index (χ3v) is 4.69. The molecule has 0 aliphatic carbocycles. The highest BCUT2D eigenvalue weighted by Gasteiger charge is 2.19. The fourth-order valence-electron chi connectivity index (χ4n) is 2.17. The average molecular weight is 352 g/mol. The van der Waals surface area contributed by atoms with Gasteiger partial charge in [-0.1, -0.05) is 6.92 Å². The summed E-state index contributed by atoms with van der Waals surface area (Å²) in [7, 11) is 1.53. The van der Waals surface area contributed by atoms with Crippen LogP contribution in [0.15, 0.2) is 18.2 Å². The molecule has 0 aliphatic rings. The Kier molecular flexibility index (Phi) is 6.16. The van der Waals surface area contributed by atoms with Gasteiger partial charge in [0.2, 0.25) is 0 Å². The van der Waals surface area contributed by atoms with E-state index in [1.807, 2.05) is 0 Å². The standard InChI is InChI=1S/C17H20O6S/c1-10(17(20)21)6-12(19)16-8-11-7-13(22-2)14(9-15(11)24-16)23-5-3-4-18/h7-10,18H,3-6H2,1-2H3,(H,20,21)/t10-/m0/s1. The molecule has 2 aromatic rings. The zero-order valence-corrected chi connectivity index (χ0v) is 14.4. The molecule has 1 aromatic heterocycles. The smallest absolute Gasteiger partial charge is 0.306 e. The number of aliphatic carboxylic acids is 1. The molecule has 0 amide bonds. The van der Waals surface area contributed by atoms with Crippen LogP contribution in [0.4, 0.5) is 0 Å². The molecule has 0 fully saturated rings. The predicted octanol–water partition coefficient (Wildman–Crippen LogP) is 2.96. The normalized spacial score (nSPS) is 12.1. The Hall–Kier alpha value is -2.12. The van der Waals surface area contributed by atoms with E-state index >= 15 is 0 Å².